The van der Waals surface area contributed by atoms with Crippen LogP contribution in [0.4, 0.5) is 0 Å². The first-order valence-corrected chi connectivity index (χ1v) is 7.84. The van der Waals surface area contributed by atoms with Crippen LogP contribution in [0.3, 0.4) is 0 Å². The van der Waals surface area contributed by atoms with Crippen LogP contribution in [-0.2, 0) is 17.8 Å². The van der Waals surface area contributed by atoms with E-state index in [4.69, 9.17) is 0 Å². The first kappa shape index (κ1) is 13.3. The summed E-state index contributed by atoms with van der Waals surface area (Å²) >= 11 is 1.61. The monoisotopic (exact) mass is 283 g/mol. The van der Waals surface area contributed by atoms with Gasteiger partial charge in [-0.15, -0.1) is 11.8 Å². The van der Waals surface area contributed by atoms with Crippen LogP contribution in [0.1, 0.15) is 11.1 Å². The molecule has 102 valence electrons. The van der Waals surface area contributed by atoms with Crippen molar-refractivity contribution >= 4 is 17.7 Å². The summed E-state index contributed by atoms with van der Waals surface area (Å²) < 4.78 is 0. The van der Waals surface area contributed by atoms with E-state index in [9.17, 15) is 4.79 Å². The number of fused-ring (bicyclic) bond motifs is 1. The van der Waals surface area contributed by atoms with Crippen LogP contribution in [0.25, 0.3) is 0 Å². The fourth-order valence-corrected chi connectivity index (χ4v) is 3.28. The van der Waals surface area contributed by atoms with E-state index in [1.165, 1.54) is 11.1 Å². The molecule has 0 spiro atoms. The Bertz CT molecular complexity index is 597. The van der Waals surface area contributed by atoms with Gasteiger partial charge in [0, 0.05) is 18.0 Å². The van der Waals surface area contributed by atoms with Crippen LogP contribution in [0.15, 0.2) is 59.5 Å². The van der Waals surface area contributed by atoms with E-state index >= 15 is 0 Å². The molecule has 0 N–H and O–H groups in total. The highest BCUT2D eigenvalue weighted by atomic mass is 32.2. The topological polar surface area (TPSA) is 20.3 Å². The van der Waals surface area contributed by atoms with Gasteiger partial charge in [0.25, 0.3) is 0 Å². The van der Waals surface area contributed by atoms with Crippen molar-refractivity contribution in [2.24, 2.45) is 0 Å². The molecule has 3 heteroatoms. The predicted octanol–water partition coefficient (Wildman–Crippen LogP) is 3.36. The standard InChI is InChI=1S/C17H17NOS/c19-17(13-20-16-8-2-1-3-9-16)18-11-10-14-6-4-5-7-15(14)12-18/h1-9H,10-13H2. The van der Waals surface area contributed by atoms with E-state index < -0.39 is 0 Å². The summed E-state index contributed by atoms with van der Waals surface area (Å²) in [5.41, 5.74) is 2.67. The van der Waals surface area contributed by atoms with Gasteiger partial charge in [-0.1, -0.05) is 42.5 Å². The Morgan fingerprint density at radius 3 is 2.50 bits per heavy atom. The third-order valence-electron chi connectivity index (χ3n) is 3.59. The largest absolute Gasteiger partial charge is 0.337 e. The molecule has 0 atom stereocenters. The molecule has 0 fully saturated rings. The number of nitrogens with zero attached hydrogens (tertiary/aromatic N) is 1. The molecule has 0 bridgehead atoms. The lowest BCUT2D eigenvalue weighted by atomic mass is 10.00. The zero-order chi connectivity index (χ0) is 13.8. The van der Waals surface area contributed by atoms with Gasteiger partial charge in [-0.2, -0.15) is 0 Å². The van der Waals surface area contributed by atoms with Gasteiger partial charge in [-0.05, 0) is 29.7 Å². The highest BCUT2D eigenvalue weighted by Gasteiger charge is 2.20. The summed E-state index contributed by atoms with van der Waals surface area (Å²) in [6, 6.07) is 18.5. The molecule has 2 aromatic carbocycles. The lowest BCUT2D eigenvalue weighted by Crippen LogP contribution is -2.37. The lowest BCUT2D eigenvalue weighted by Gasteiger charge is -2.28. The van der Waals surface area contributed by atoms with Crippen molar-refractivity contribution in [3.8, 4) is 0 Å². The number of benzene rings is 2. The molecule has 1 heterocycles. The molecule has 3 rings (SSSR count). The number of rotatable bonds is 3. The van der Waals surface area contributed by atoms with Gasteiger partial charge in [0.15, 0.2) is 0 Å². The zero-order valence-corrected chi connectivity index (χ0v) is 12.1. The number of hydrogen-bond acceptors (Lipinski definition) is 2. The van der Waals surface area contributed by atoms with Gasteiger partial charge >= 0.3 is 0 Å². The second kappa shape index (κ2) is 6.14. The minimum Gasteiger partial charge on any atom is -0.337 e. The molecule has 1 amide bonds. The van der Waals surface area contributed by atoms with Crippen LogP contribution in [0, 0.1) is 0 Å². The van der Waals surface area contributed by atoms with E-state index in [2.05, 4.69) is 18.2 Å². The molecule has 2 aromatic rings. The third kappa shape index (κ3) is 3.05. The van der Waals surface area contributed by atoms with Crippen molar-refractivity contribution in [3.05, 3.63) is 65.7 Å². The molecule has 2 nitrogen and oxygen atoms in total. The smallest absolute Gasteiger partial charge is 0.233 e. The Balaban J connectivity index is 1.59. The SMILES string of the molecule is O=C(CSc1ccccc1)N1CCc2ccccc2C1. The van der Waals surface area contributed by atoms with E-state index in [0.29, 0.717) is 5.75 Å². The van der Waals surface area contributed by atoms with E-state index in [1.807, 2.05) is 41.3 Å². The number of carbonyl (C=O) groups is 1. The first-order chi connectivity index (χ1) is 9.83. The molecule has 0 radical (unpaired) electrons. The number of amides is 1. The Hall–Kier alpha value is -1.74. The summed E-state index contributed by atoms with van der Waals surface area (Å²) in [5, 5.41) is 0. The zero-order valence-electron chi connectivity index (χ0n) is 11.3. The van der Waals surface area contributed by atoms with Gasteiger partial charge in [-0.3, -0.25) is 4.79 Å². The summed E-state index contributed by atoms with van der Waals surface area (Å²) in [6.07, 6.45) is 0.970. The maximum absolute atomic E-state index is 12.3. The van der Waals surface area contributed by atoms with Crippen LogP contribution >= 0.6 is 11.8 Å². The Kier molecular flexibility index (Phi) is 4.07. The lowest BCUT2D eigenvalue weighted by molar-refractivity contribution is -0.129. The summed E-state index contributed by atoms with van der Waals surface area (Å²) in [6.45, 7) is 1.59. The minimum atomic E-state index is 0.230. The molecule has 0 aliphatic carbocycles. The van der Waals surface area contributed by atoms with Gasteiger partial charge in [0.05, 0.1) is 5.75 Å². The Morgan fingerprint density at radius 2 is 1.70 bits per heavy atom. The highest BCUT2D eigenvalue weighted by Crippen LogP contribution is 2.21. The normalized spacial score (nSPS) is 13.9. The summed E-state index contributed by atoms with van der Waals surface area (Å²) in [5.74, 6) is 0.750. The van der Waals surface area contributed by atoms with Crippen LogP contribution in [-0.4, -0.2) is 23.1 Å². The van der Waals surface area contributed by atoms with Crippen LogP contribution in [0.2, 0.25) is 0 Å². The third-order valence-corrected chi connectivity index (χ3v) is 4.59. The molecule has 20 heavy (non-hydrogen) atoms. The number of hydrogen-bond donors (Lipinski definition) is 0. The second-order valence-corrected chi connectivity index (χ2v) is 5.98. The van der Waals surface area contributed by atoms with Crippen molar-refractivity contribution in [3.63, 3.8) is 0 Å². The Morgan fingerprint density at radius 1 is 1.00 bits per heavy atom. The molecule has 1 aliphatic heterocycles. The van der Waals surface area contributed by atoms with Gasteiger partial charge in [0.2, 0.25) is 5.91 Å². The number of carbonyl (C=O) groups excluding carboxylic acids is 1. The second-order valence-electron chi connectivity index (χ2n) is 4.94. The van der Waals surface area contributed by atoms with E-state index in [0.717, 1.165) is 24.4 Å². The fourth-order valence-electron chi connectivity index (χ4n) is 2.46. The van der Waals surface area contributed by atoms with Gasteiger partial charge < -0.3 is 4.90 Å². The molecular weight excluding hydrogens is 266 g/mol. The van der Waals surface area contributed by atoms with Crippen LogP contribution < -0.4 is 0 Å². The molecule has 0 saturated carbocycles. The van der Waals surface area contributed by atoms with Gasteiger partial charge in [0.1, 0.15) is 0 Å². The minimum absolute atomic E-state index is 0.230. The van der Waals surface area contributed by atoms with Crippen molar-refractivity contribution in [2.75, 3.05) is 12.3 Å². The van der Waals surface area contributed by atoms with Crippen molar-refractivity contribution in [1.29, 1.82) is 0 Å². The average molecular weight is 283 g/mol. The average Bonchev–Trinajstić information content (AvgIpc) is 2.53. The molecule has 0 aromatic heterocycles. The summed E-state index contributed by atoms with van der Waals surface area (Å²) in [7, 11) is 0. The van der Waals surface area contributed by atoms with E-state index in [1.54, 1.807) is 11.8 Å². The number of thioether (sulfide) groups is 1. The fraction of sp³-hybridized carbons (Fsp3) is 0.235. The highest BCUT2D eigenvalue weighted by molar-refractivity contribution is 8.00. The molecule has 0 saturated heterocycles. The first-order valence-electron chi connectivity index (χ1n) is 6.85. The van der Waals surface area contributed by atoms with E-state index in [-0.39, 0.29) is 5.91 Å². The summed E-state index contributed by atoms with van der Waals surface area (Å²) in [4.78, 5) is 15.4. The molecule has 0 unspecified atom stereocenters. The maximum Gasteiger partial charge on any atom is 0.233 e. The van der Waals surface area contributed by atoms with Gasteiger partial charge in [-0.25, -0.2) is 0 Å². The van der Waals surface area contributed by atoms with Crippen molar-refractivity contribution in [2.45, 2.75) is 17.9 Å². The quantitative estimate of drug-likeness (QED) is 0.805. The Labute approximate surface area is 123 Å². The van der Waals surface area contributed by atoms with Crippen LogP contribution in [0.5, 0.6) is 0 Å². The van der Waals surface area contributed by atoms with Crippen molar-refractivity contribution < 1.29 is 4.79 Å². The predicted molar refractivity (Wildman–Crippen MR) is 82.7 cm³/mol. The maximum atomic E-state index is 12.3. The molecular formula is C17H17NOS. The molecule has 1 aliphatic rings. The van der Waals surface area contributed by atoms with Crippen molar-refractivity contribution in [1.82, 2.24) is 4.90 Å².